The minimum atomic E-state index is -0.375. The van der Waals surface area contributed by atoms with Gasteiger partial charge in [-0.05, 0) is 53.2 Å². The summed E-state index contributed by atoms with van der Waals surface area (Å²) >= 11 is 3.28. The van der Waals surface area contributed by atoms with Crippen LogP contribution in [0.2, 0.25) is 0 Å². The summed E-state index contributed by atoms with van der Waals surface area (Å²) in [6.07, 6.45) is 2.41. The number of aromatic nitrogens is 2. The molecule has 176 valence electrons. The van der Waals surface area contributed by atoms with Crippen molar-refractivity contribution in [3.8, 4) is 11.5 Å². The second-order valence-electron chi connectivity index (χ2n) is 8.03. The van der Waals surface area contributed by atoms with E-state index in [1.54, 1.807) is 19.2 Å². The summed E-state index contributed by atoms with van der Waals surface area (Å²) in [5.41, 5.74) is 1.07. The minimum absolute atomic E-state index is 0.155. The Bertz CT molecular complexity index is 1330. The van der Waals surface area contributed by atoms with E-state index in [0.29, 0.717) is 34.1 Å². The molecule has 2 N–H and O–H groups in total. The summed E-state index contributed by atoms with van der Waals surface area (Å²) in [6.45, 7) is 2.98. The van der Waals surface area contributed by atoms with Crippen LogP contribution in [0.5, 0.6) is 11.5 Å². The first-order valence-corrected chi connectivity index (χ1v) is 11.8. The summed E-state index contributed by atoms with van der Waals surface area (Å²) in [4.78, 5) is 8.76. The van der Waals surface area contributed by atoms with Crippen molar-refractivity contribution in [2.45, 2.75) is 12.5 Å². The first-order chi connectivity index (χ1) is 16.6. The van der Waals surface area contributed by atoms with Crippen molar-refractivity contribution in [3.05, 3.63) is 59.1 Å². The van der Waals surface area contributed by atoms with Gasteiger partial charge in [-0.3, -0.25) is 0 Å². The Hall–Kier alpha value is -3.01. The fourth-order valence-corrected chi connectivity index (χ4v) is 4.34. The van der Waals surface area contributed by atoms with Crippen molar-refractivity contribution >= 4 is 49.1 Å². The number of rotatable bonds is 7. The normalized spacial score (nSPS) is 16.0. The van der Waals surface area contributed by atoms with Crippen LogP contribution in [-0.4, -0.2) is 49.5 Å². The van der Waals surface area contributed by atoms with Crippen molar-refractivity contribution in [1.82, 2.24) is 15.3 Å². The molecule has 0 spiro atoms. The molecule has 7 nitrogen and oxygen atoms in total. The first kappa shape index (κ1) is 22.8. The Kier molecular flexibility index (Phi) is 6.75. The van der Waals surface area contributed by atoms with Gasteiger partial charge in [0.2, 0.25) is 0 Å². The van der Waals surface area contributed by atoms with E-state index in [1.165, 1.54) is 12.4 Å². The van der Waals surface area contributed by atoms with Crippen molar-refractivity contribution in [1.29, 1.82) is 0 Å². The van der Waals surface area contributed by atoms with Crippen molar-refractivity contribution < 1.29 is 18.6 Å². The maximum atomic E-state index is 14.4. The molecule has 1 fully saturated rings. The van der Waals surface area contributed by atoms with Crippen LogP contribution in [0, 0.1) is 5.82 Å². The Morgan fingerprint density at radius 2 is 2.00 bits per heavy atom. The molecular formula is C25H24BrFN4O3. The van der Waals surface area contributed by atoms with Crippen LogP contribution in [0.15, 0.2) is 53.3 Å². The molecule has 9 heteroatoms. The Morgan fingerprint density at radius 3 is 2.79 bits per heavy atom. The average Bonchev–Trinajstić information content (AvgIpc) is 2.85. The van der Waals surface area contributed by atoms with Crippen molar-refractivity contribution in [3.63, 3.8) is 0 Å². The second-order valence-corrected chi connectivity index (χ2v) is 8.94. The Balaban J connectivity index is 1.44. The maximum absolute atomic E-state index is 14.4. The summed E-state index contributed by atoms with van der Waals surface area (Å²) in [7, 11) is 1.62. The third kappa shape index (κ3) is 4.91. The van der Waals surface area contributed by atoms with Crippen LogP contribution in [0.1, 0.15) is 6.42 Å². The van der Waals surface area contributed by atoms with Gasteiger partial charge in [0.25, 0.3) is 0 Å². The molecule has 0 saturated carbocycles. The number of hydrogen-bond acceptors (Lipinski definition) is 7. The molecule has 1 aliphatic rings. The molecule has 5 rings (SSSR count). The van der Waals surface area contributed by atoms with Gasteiger partial charge in [-0.1, -0.05) is 15.9 Å². The van der Waals surface area contributed by atoms with E-state index in [1.807, 2.05) is 24.3 Å². The zero-order valence-electron chi connectivity index (χ0n) is 18.6. The number of benzene rings is 3. The molecule has 1 atom stereocenters. The number of nitrogens with one attached hydrogen (secondary N) is 2. The van der Waals surface area contributed by atoms with E-state index in [4.69, 9.17) is 14.2 Å². The maximum Gasteiger partial charge on any atom is 0.161 e. The van der Waals surface area contributed by atoms with Crippen LogP contribution >= 0.6 is 15.9 Å². The summed E-state index contributed by atoms with van der Waals surface area (Å²) in [5.74, 6) is 1.45. The zero-order chi connectivity index (χ0) is 23.5. The van der Waals surface area contributed by atoms with Crippen molar-refractivity contribution in [2.75, 3.05) is 38.7 Å². The summed E-state index contributed by atoms with van der Waals surface area (Å²) in [5, 5.41) is 9.08. The van der Waals surface area contributed by atoms with E-state index in [2.05, 4.69) is 36.5 Å². The SMILES string of the molecule is COc1cc2cc3c(Nc4ccc(Br)cc4F)ncnc3cc2cc1OCCC1CNCCO1. The van der Waals surface area contributed by atoms with E-state index >= 15 is 0 Å². The number of morpholine rings is 1. The molecule has 3 aromatic carbocycles. The number of ether oxygens (including phenoxy) is 3. The molecule has 0 amide bonds. The van der Waals surface area contributed by atoms with E-state index in [-0.39, 0.29) is 11.9 Å². The predicted octanol–water partition coefficient (Wildman–Crippen LogP) is 5.19. The quantitative estimate of drug-likeness (QED) is 0.320. The largest absolute Gasteiger partial charge is 0.493 e. The van der Waals surface area contributed by atoms with Crippen LogP contribution in [-0.2, 0) is 4.74 Å². The molecule has 0 radical (unpaired) electrons. The molecule has 34 heavy (non-hydrogen) atoms. The second kappa shape index (κ2) is 10.1. The molecule has 1 aromatic heterocycles. The van der Waals surface area contributed by atoms with Gasteiger partial charge in [0, 0.05) is 29.4 Å². The summed E-state index contributed by atoms with van der Waals surface area (Å²) in [6, 6.07) is 12.7. The highest BCUT2D eigenvalue weighted by molar-refractivity contribution is 9.10. The smallest absolute Gasteiger partial charge is 0.161 e. The molecule has 0 bridgehead atoms. The fraction of sp³-hybridized carbons (Fsp3) is 0.280. The monoisotopic (exact) mass is 526 g/mol. The van der Waals surface area contributed by atoms with Crippen LogP contribution in [0.4, 0.5) is 15.9 Å². The third-order valence-corrected chi connectivity index (χ3v) is 6.26. The fourth-order valence-electron chi connectivity index (χ4n) is 4.01. The average molecular weight is 527 g/mol. The molecule has 2 heterocycles. The molecule has 4 aromatic rings. The lowest BCUT2D eigenvalue weighted by Crippen LogP contribution is -2.39. The number of fused-ring (bicyclic) bond motifs is 2. The molecule has 1 saturated heterocycles. The highest BCUT2D eigenvalue weighted by Gasteiger charge is 2.15. The number of methoxy groups -OCH3 is 1. The predicted molar refractivity (Wildman–Crippen MR) is 134 cm³/mol. The number of nitrogens with zero attached hydrogens (tertiary/aromatic N) is 2. The van der Waals surface area contributed by atoms with Crippen LogP contribution < -0.4 is 20.1 Å². The number of anilines is 2. The van der Waals surface area contributed by atoms with Gasteiger partial charge in [0.1, 0.15) is 18.0 Å². The van der Waals surface area contributed by atoms with Crippen LogP contribution in [0.3, 0.4) is 0 Å². The van der Waals surface area contributed by atoms with Gasteiger partial charge in [-0.15, -0.1) is 0 Å². The van der Waals surface area contributed by atoms with Crippen molar-refractivity contribution in [2.24, 2.45) is 0 Å². The number of halogens is 2. The van der Waals surface area contributed by atoms with Gasteiger partial charge in [0.05, 0.1) is 37.6 Å². The highest BCUT2D eigenvalue weighted by Crippen LogP contribution is 2.36. The molecule has 1 unspecified atom stereocenters. The standard InChI is InChI=1S/C25H24BrFN4O3/c1-32-23-10-15-8-19-22(29-14-30-25(19)31-21-3-2-17(26)12-20(21)27)9-16(15)11-24(23)34-6-4-18-13-28-5-7-33-18/h2-3,8-12,14,18,28H,4-7,13H2,1H3,(H,29,30,31). The van der Waals surface area contributed by atoms with Gasteiger partial charge >= 0.3 is 0 Å². The van der Waals surface area contributed by atoms with Gasteiger partial charge in [-0.2, -0.15) is 0 Å². The summed E-state index contributed by atoms with van der Waals surface area (Å²) < 4.78 is 32.4. The lowest BCUT2D eigenvalue weighted by Gasteiger charge is -2.23. The highest BCUT2D eigenvalue weighted by atomic mass is 79.9. The molecule has 0 aliphatic carbocycles. The Morgan fingerprint density at radius 1 is 1.15 bits per heavy atom. The third-order valence-electron chi connectivity index (χ3n) is 5.76. The topological polar surface area (TPSA) is 77.5 Å². The van der Waals surface area contributed by atoms with E-state index < -0.39 is 0 Å². The zero-order valence-corrected chi connectivity index (χ0v) is 20.2. The lowest BCUT2D eigenvalue weighted by molar-refractivity contribution is 0.0157. The lowest BCUT2D eigenvalue weighted by atomic mass is 10.1. The molecule has 1 aliphatic heterocycles. The first-order valence-electron chi connectivity index (χ1n) is 11.0. The molecular weight excluding hydrogens is 503 g/mol. The van der Waals surface area contributed by atoms with Gasteiger partial charge in [0.15, 0.2) is 11.5 Å². The van der Waals surface area contributed by atoms with E-state index in [9.17, 15) is 4.39 Å². The van der Waals surface area contributed by atoms with Gasteiger partial charge < -0.3 is 24.8 Å². The van der Waals surface area contributed by atoms with E-state index in [0.717, 1.165) is 47.8 Å². The van der Waals surface area contributed by atoms with Crippen LogP contribution in [0.25, 0.3) is 21.7 Å². The minimum Gasteiger partial charge on any atom is -0.493 e. The number of hydrogen-bond donors (Lipinski definition) is 2. The van der Waals surface area contributed by atoms with Gasteiger partial charge in [-0.25, -0.2) is 14.4 Å². The Labute approximate surface area is 204 Å².